The molecule has 2 aromatic carbocycles. The summed E-state index contributed by atoms with van der Waals surface area (Å²) in [6.45, 7) is 6.82. The lowest BCUT2D eigenvalue weighted by Crippen LogP contribution is -2.47. The summed E-state index contributed by atoms with van der Waals surface area (Å²) in [5, 5.41) is 2.79. The van der Waals surface area contributed by atoms with Gasteiger partial charge in [-0.3, -0.25) is 14.5 Å². The van der Waals surface area contributed by atoms with Gasteiger partial charge in [0.15, 0.2) is 0 Å². The minimum absolute atomic E-state index is 0.0520. The maximum absolute atomic E-state index is 13.3. The number of anilines is 1. The predicted molar refractivity (Wildman–Crippen MR) is 141 cm³/mol. The summed E-state index contributed by atoms with van der Waals surface area (Å²) in [5.41, 5.74) is 2.29. The van der Waals surface area contributed by atoms with Crippen LogP contribution in [0, 0.1) is 5.92 Å². The molecule has 8 heteroatoms. The van der Waals surface area contributed by atoms with Crippen molar-refractivity contribution in [2.75, 3.05) is 59.4 Å². The summed E-state index contributed by atoms with van der Waals surface area (Å²) < 4.78 is 17.0. The molecule has 0 unspecified atom stereocenters. The van der Waals surface area contributed by atoms with Crippen LogP contribution in [0.1, 0.15) is 29.8 Å². The molecule has 1 N–H and O–H groups in total. The average molecular weight is 498 g/mol. The largest absolute Gasteiger partial charge is 0.491 e. The van der Waals surface area contributed by atoms with Gasteiger partial charge in [-0.05, 0) is 37.0 Å². The number of carbonyl (C=O) groups excluding carboxylic acids is 2. The molecule has 1 aliphatic rings. The molecule has 2 amide bonds. The maximum Gasteiger partial charge on any atom is 0.257 e. The molecule has 0 saturated carbocycles. The van der Waals surface area contributed by atoms with E-state index in [0.29, 0.717) is 30.2 Å². The first-order valence-electron chi connectivity index (χ1n) is 12.4. The van der Waals surface area contributed by atoms with Crippen LogP contribution in [-0.4, -0.2) is 87.9 Å². The van der Waals surface area contributed by atoms with Crippen LogP contribution in [0.2, 0.25) is 0 Å². The number of hydrogen-bond acceptors (Lipinski definition) is 6. The van der Waals surface area contributed by atoms with Crippen molar-refractivity contribution in [3.05, 3.63) is 59.7 Å². The third kappa shape index (κ3) is 7.53. The van der Waals surface area contributed by atoms with Crippen LogP contribution < -0.4 is 10.1 Å². The van der Waals surface area contributed by atoms with Crippen LogP contribution in [0.4, 0.5) is 5.69 Å². The highest BCUT2D eigenvalue weighted by Crippen LogP contribution is 2.27. The number of hydrogen-bond donors (Lipinski definition) is 1. The highest BCUT2D eigenvalue weighted by molar-refractivity contribution is 5.98. The lowest BCUT2D eigenvalue weighted by molar-refractivity contribution is -0.119. The van der Waals surface area contributed by atoms with E-state index in [1.54, 1.807) is 37.3 Å². The number of methoxy groups -OCH3 is 2. The van der Waals surface area contributed by atoms with Crippen LogP contribution in [-0.2, 0) is 20.7 Å². The Morgan fingerprint density at radius 3 is 2.56 bits per heavy atom. The summed E-state index contributed by atoms with van der Waals surface area (Å²) in [4.78, 5) is 29.5. The maximum atomic E-state index is 13.3. The number of ether oxygens (including phenoxy) is 3. The van der Waals surface area contributed by atoms with E-state index >= 15 is 0 Å². The van der Waals surface area contributed by atoms with Crippen molar-refractivity contribution in [1.82, 2.24) is 9.80 Å². The van der Waals surface area contributed by atoms with Gasteiger partial charge in [-0.1, -0.05) is 37.3 Å². The fourth-order valence-corrected chi connectivity index (χ4v) is 4.48. The minimum Gasteiger partial charge on any atom is -0.491 e. The normalized spacial score (nSPS) is 21.6. The fraction of sp³-hybridized carbons (Fsp3) is 0.500. The van der Waals surface area contributed by atoms with Gasteiger partial charge in [0.2, 0.25) is 5.91 Å². The molecule has 1 aliphatic heterocycles. The number of nitrogens with one attached hydrogen (secondary N) is 1. The SMILES string of the molecule is COCC(=O)Nc1ccc2c(c1)OC[C@@H](C)N(CCc1ccccc1)C[C@H](C)[C@@H](OC)CN(C)C2=O. The van der Waals surface area contributed by atoms with E-state index in [-0.39, 0.29) is 36.5 Å². The molecule has 8 nitrogen and oxygen atoms in total. The molecule has 196 valence electrons. The molecule has 0 spiro atoms. The first-order chi connectivity index (χ1) is 17.3. The van der Waals surface area contributed by atoms with Gasteiger partial charge < -0.3 is 24.4 Å². The molecule has 0 aliphatic carbocycles. The predicted octanol–water partition coefficient (Wildman–Crippen LogP) is 3.32. The first kappa shape index (κ1) is 27.6. The summed E-state index contributed by atoms with van der Waals surface area (Å²) in [6, 6.07) is 15.7. The molecule has 0 bridgehead atoms. The quantitative estimate of drug-likeness (QED) is 0.632. The summed E-state index contributed by atoms with van der Waals surface area (Å²) in [6.07, 6.45) is 0.821. The Balaban J connectivity index is 1.87. The molecule has 0 aromatic heterocycles. The van der Waals surface area contributed by atoms with Gasteiger partial charge >= 0.3 is 0 Å². The van der Waals surface area contributed by atoms with Gasteiger partial charge in [0.05, 0.1) is 11.7 Å². The Hall–Kier alpha value is -2.94. The number of carbonyl (C=O) groups is 2. The Labute approximate surface area is 214 Å². The number of fused-ring (bicyclic) bond motifs is 1. The lowest BCUT2D eigenvalue weighted by Gasteiger charge is -2.36. The van der Waals surface area contributed by atoms with E-state index in [1.807, 2.05) is 6.07 Å². The lowest BCUT2D eigenvalue weighted by atomic mass is 10.0. The molecule has 36 heavy (non-hydrogen) atoms. The molecular formula is C28H39N3O5. The minimum atomic E-state index is -0.272. The van der Waals surface area contributed by atoms with Gasteiger partial charge in [-0.15, -0.1) is 0 Å². The second-order valence-corrected chi connectivity index (χ2v) is 9.52. The van der Waals surface area contributed by atoms with Crippen LogP contribution >= 0.6 is 0 Å². The Kier molecular flexibility index (Phi) is 10.3. The van der Waals surface area contributed by atoms with Crippen LogP contribution in [0.3, 0.4) is 0 Å². The Morgan fingerprint density at radius 2 is 1.86 bits per heavy atom. The highest BCUT2D eigenvalue weighted by Gasteiger charge is 2.28. The molecule has 0 radical (unpaired) electrons. The van der Waals surface area contributed by atoms with Crippen molar-refractivity contribution in [1.29, 1.82) is 0 Å². The third-order valence-electron chi connectivity index (χ3n) is 6.67. The van der Waals surface area contributed by atoms with E-state index in [9.17, 15) is 9.59 Å². The second-order valence-electron chi connectivity index (χ2n) is 9.52. The number of rotatable bonds is 7. The molecular weight excluding hydrogens is 458 g/mol. The van der Waals surface area contributed by atoms with Crippen molar-refractivity contribution >= 4 is 17.5 Å². The highest BCUT2D eigenvalue weighted by atomic mass is 16.5. The molecule has 0 saturated heterocycles. The Bertz CT molecular complexity index is 1000. The zero-order chi connectivity index (χ0) is 26.1. The first-order valence-corrected chi connectivity index (χ1v) is 12.4. The van der Waals surface area contributed by atoms with E-state index in [4.69, 9.17) is 14.2 Å². The number of nitrogens with zero attached hydrogens (tertiary/aromatic N) is 2. The van der Waals surface area contributed by atoms with Crippen molar-refractivity contribution in [2.24, 2.45) is 5.92 Å². The van der Waals surface area contributed by atoms with E-state index in [0.717, 1.165) is 19.5 Å². The third-order valence-corrected chi connectivity index (χ3v) is 6.67. The molecule has 3 rings (SSSR count). The zero-order valence-electron chi connectivity index (χ0n) is 22.0. The van der Waals surface area contributed by atoms with Gasteiger partial charge in [-0.2, -0.15) is 0 Å². The number of likely N-dealkylation sites (N-methyl/N-ethyl adjacent to an activating group) is 1. The van der Waals surface area contributed by atoms with Crippen LogP contribution in [0.25, 0.3) is 0 Å². The van der Waals surface area contributed by atoms with Gasteiger partial charge in [0.1, 0.15) is 19.0 Å². The van der Waals surface area contributed by atoms with E-state index in [1.165, 1.54) is 12.7 Å². The molecule has 1 heterocycles. The fourth-order valence-electron chi connectivity index (χ4n) is 4.48. The van der Waals surface area contributed by atoms with Crippen LogP contribution in [0.15, 0.2) is 48.5 Å². The van der Waals surface area contributed by atoms with Crippen LogP contribution in [0.5, 0.6) is 5.75 Å². The number of amides is 2. The van der Waals surface area contributed by atoms with Gasteiger partial charge in [0.25, 0.3) is 5.91 Å². The van der Waals surface area contributed by atoms with Crippen molar-refractivity contribution in [3.63, 3.8) is 0 Å². The molecule has 0 fully saturated rings. The monoisotopic (exact) mass is 497 g/mol. The Morgan fingerprint density at radius 1 is 1.11 bits per heavy atom. The topological polar surface area (TPSA) is 80.3 Å². The molecule has 3 atom stereocenters. The van der Waals surface area contributed by atoms with E-state index in [2.05, 4.69) is 48.3 Å². The van der Waals surface area contributed by atoms with Crippen molar-refractivity contribution in [3.8, 4) is 5.75 Å². The average Bonchev–Trinajstić information content (AvgIpc) is 2.87. The molecule has 2 aromatic rings. The standard InChI is InChI=1S/C28H39N3O5/c1-20-16-31(14-13-22-9-7-6-8-10-22)21(2)18-36-25-15-23(29-27(32)19-34-4)11-12-24(25)28(33)30(3)17-26(20)35-5/h6-12,15,20-21,26H,13-14,16-19H2,1-5H3,(H,29,32)/t20-,21+,26-/m0/s1. The smallest absolute Gasteiger partial charge is 0.257 e. The van der Waals surface area contributed by atoms with Crippen molar-refractivity contribution < 1.29 is 23.8 Å². The summed E-state index contributed by atoms with van der Waals surface area (Å²) in [5.74, 6) is 0.231. The van der Waals surface area contributed by atoms with Gasteiger partial charge in [0, 0.05) is 58.7 Å². The van der Waals surface area contributed by atoms with Gasteiger partial charge in [-0.25, -0.2) is 0 Å². The number of benzene rings is 2. The summed E-state index contributed by atoms with van der Waals surface area (Å²) in [7, 11) is 4.95. The van der Waals surface area contributed by atoms with E-state index < -0.39 is 0 Å². The second kappa shape index (κ2) is 13.4. The zero-order valence-corrected chi connectivity index (χ0v) is 22.0. The summed E-state index contributed by atoms with van der Waals surface area (Å²) >= 11 is 0. The van der Waals surface area contributed by atoms with Crippen molar-refractivity contribution in [2.45, 2.75) is 32.4 Å².